The van der Waals surface area contributed by atoms with Gasteiger partial charge in [-0.05, 0) is 36.2 Å². The highest BCUT2D eigenvalue weighted by atomic mass is 16.5. The number of aromatic nitrogens is 1. The number of nitrogens with zero attached hydrogens (tertiary/aromatic N) is 2. The van der Waals surface area contributed by atoms with E-state index in [9.17, 15) is 9.90 Å². The first-order valence-electron chi connectivity index (χ1n) is 9.00. The lowest BCUT2D eigenvalue weighted by molar-refractivity contribution is -0.121. The molecule has 0 aliphatic carbocycles. The van der Waals surface area contributed by atoms with E-state index >= 15 is 0 Å². The van der Waals surface area contributed by atoms with Crippen LogP contribution in [0.2, 0.25) is 0 Å². The van der Waals surface area contributed by atoms with Crippen LogP contribution >= 0.6 is 0 Å². The number of phenolic OH excluding ortho intramolecular Hbond substituents is 1. The van der Waals surface area contributed by atoms with Gasteiger partial charge in [0.2, 0.25) is 5.91 Å². The highest BCUT2D eigenvalue weighted by Crippen LogP contribution is 2.19. The van der Waals surface area contributed by atoms with E-state index in [-0.39, 0.29) is 17.7 Å². The van der Waals surface area contributed by atoms with E-state index in [1.807, 2.05) is 30.3 Å². The van der Waals surface area contributed by atoms with E-state index in [1.165, 1.54) is 0 Å². The van der Waals surface area contributed by atoms with Gasteiger partial charge in [-0.2, -0.15) is 0 Å². The molecule has 1 aromatic heterocycles. The molecule has 1 fully saturated rings. The summed E-state index contributed by atoms with van der Waals surface area (Å²) in [5, 5.41) is 12.4. The molecule has 2 N–H and O–H groups in total. The number of carbonyl (C=O) groups is 1. The SMILES string of the molecule is O=C(CCc1ccc(O)cc1)NC[C@@H](c1ccccn1)N1CCOCC1. The average molecular weight is 355 g/mol. The second kappa shape index (κ2) is 9.31. The number of rotatable bonds is 7. The Kier molecular flexibility index (Phi) is 6.57. The number of carbonyl (C=O) groups excluding carboxylic acids is 1. The van der Waals surface area contributed by atoms with Crippen molar-refractivity contribution in [1.29, 1.82) is 0 Å². The zero-order valence-electron chi connectivity index (χ0n) is 14.8. The molecule has 0 unspecified atom stereocenters. The van der Waals surface area contributed by atoms with Gasteiger partial charge >= 0.3 is 0 Å². The van der Waals surface area contributed by atoms with Gasteiger partial charge in [-0.1, -0.05) is 18.2 Å². The van der Waals surface area contributed by atoms with Crippen molar-refractivity contribution in [2.45, 2.75) is 18.9 Å². The number of amides is 1. The molecule has 3 rings (SSSR count). The molecule has 26 heavy (non-hydrogen) atoms. The summed E-state index contributed by atoms with van der Waals surface area (Å²) in [7, 11) is 0. The number of aryl methyl sites for hydroxylation is 1. The smallest absolute Gasteiger partial charge is 0.220 e. The van der Waals surface area contributed by atoms with E-state index in [2.05, 4.69) is 15.2 Å². The number of phenols is 1. The highest BCUT2D eigenvalue weighted by Gasteiger charge is 2.24. The number of aromatic hydroxyl groups is 1. The topological polar surface area (TPSA) is 74.7 Å². The number of nitrogens with one attached hydrogen (secondary N) is 1. The lowest BCUT2D eigenvalue weighted by atomic mass is 10.1. The fraction of sp³-hybridized carbons (Fsp3) is 0.400. The first kappa shape index (κ1) is 18.4. The summed E-state index contributed by atoms with van der Waals surface area (Å²) in [6.07, 6.45) is 2.86. The summed E-state index contributed by atoms with van der Waals surface area (Å²) in [4.78, 5) is 19.1. The van der Waals surface area contributed by atoms with Crippen LogP contribution in [0.3, 0.4) is 0 Å². The van der Waals surface area contributed by atoms with Gasteiger partial charge < -0.3 is 15.2 Å². The van der Waals surface area contributed by atoms with Crippen molar-refractivity contribution in [2.24, 2.45) is 0 Å². The van der Waals surface area contributed by atoms with Crippen LogP contribution in [0.1, 0.15) is 23.7 Å². The zero-order chi connectivity index (χ0) is 18.2. The molecular weight excluding hydrogens is 330 g/mol. The third kappa shape index (κ3) is 5.28. The first-order chi connectivity index (χ1) is 12.7. The fourth-order valence-electron chi connectivity index (χ4n) is 3.10. The molecule has 1 atom stereocenters. The molecule has 0 bridgehead atoms. The Hall–Kier alpha value is -2.44. The van der Waals surface area contributed by atoms with E-state index in [0.29, 0.717) is 32.6 Å². The summed E-state index contributed by atoms with van der Waals surface area (Å²) in [6.45, 7) is 3.62. The lowest BCUT2D eigenvalue weighted by Gasteiger charge is -2.34. The monoisotopic (exact) mass is 355 g/mol. The maximum absolute atomic E-state index is 12.3. The van der Waals surface area contributed by atoms with E-state index in [1.54, 1.807) is 18.3 Å². The highest BCUT2D eigenvalue weighted by molar-refractivity contribution is 5.76. The Morgan fingerprint density at radius 2 is 1.96 bits per heavy atom. The van der Waals surface area contributed by atoms with Gasteiger partial charge in [0.25, 0.3) is 0 Å². The molecule has 0 spiro atoms. The molecule has 0 saturated carbocycles. The number of hydrogen-bond donors (Lipinski definition) is 2. The molecule has 0 radical (unpaired) electrons. The molecular formula is C20H25N3O3. The van der Waals surface area contributed by atoms with Crippen LogP contribution in [0.5, 0.6) is 5.75 Å². The van der Waals surface area contributed by atoms with Crippen molar-refractivity contribution in [3.63, 3.8) is 0 Å². The predicted molar refractivity (Wildman–Crippen MR) is 98.8 cm³/mol. The molecule has 138 valence electrons. The van der Waals surface area contributed by atoms with Crippen molar-refractivity contribution in [2.75, 3.05) is 32.8 Å². The zero-order valence-corrected chi connectivity index (χ0v) is 14.8. The van der Waals surface area contributed by atoms with Gasteiger partial charge in [-0.15, -0.1) is 0 Å². The van der Waals surface area contributed by atoms with Crippen LogP contribution in [-0.4, -0.2) is 53.7 Å². The van der Waals surface area contributed by atoms with E-state index < -0.39 is 0 Å². The Morgan fingerprint density at radius 1 is 1.19 bits per heavy atom. The average Bonchev–Trinajstić information content (AvgIpc) is 2.69. The molecule has 6 heteroatoms. The van der Waals surface area contributed by atoms with Crippen molar-refractivity contribution in [3.8, 4) is 5.75 Å². The number of hydrogen-bond acceptors (Lipinski definition) is 5. The Bertz CT molecular complexity index is 685. The van der Waals surface area contributed by atoms with Crippen molar-refractivity contribution in [1.82, 2.24) is 15.2 Å². The molecule has 6 nitrogen and oxygen atoms in total. The predicted octanol–water partition coefficient (Wildman–Crippen LogP) is 1.91. The summed E-state index contributed by atoms with van der Waals surface area (Å²) < 4.78 is 5.44. The van der Waals surface area contributed by atoms with E-state index in [4.69, 9.17) is 4.74 Å². The van der Waals surface area contributed by atoms with Crippen LogP contribution in [0.25, 0.3) is 0 Å². The quantitative estimate of drug-likeness (QED) is 0.794. The second-order valence-electron chi connectivity index (χ2n) is 6.39. The standard InChI is InChI=1S/C20H25N3O3/c24-17-7-4-16(5-8-17)6-9-20(25)22-15-19(18-3-1-2-10-21-18)23-11-13-26-14-12-23/h1-5,7-8,10,19,24H,6,9,11-15H2,(H,22,25)/t19-/m0/s1. The van der Waals surface area contributed by atoms with Gasteiger partial charge in [0.1, 0.15) is 5.75 Å². The normalized spacial score (nSPS) is 16.2. The maximum Gasteiger partial charge on any atom is 0.220 e. The largest absolute Gasteiger partial charge is 0.508 e. The molecule has 1 amide bonds. The third-order valence-corrected chi connectivity index (χ3v) is 4.59. The first-order valence-corrected chi connectivity index (χ1v) is 9.00. The van der Waals surface area contributed by atoms with Gasteiger partial charge in [-0.3, -0.25) is 14.7 Å². The molecule has 1 aliphatic rings. The second-order valence-corrected chi connectivity index (χ2v) is 6.39. The number of ether oxygens (including phenoxy) is 1. The van der Waals surface area contributed by atoms with E-state index in [0.717, 1.165) is 24.3 Å². The van der Waals surface area contributed by atoms with Gasteiger partial charge in [0, 0.05) is 32.3 Å². The summed E-state index contributed by atoms with van der Waals surface area (Å²) in [5.74, 6) is 0.259. The Labute approximate surface area is 153 Å². The number of morpholine rings is 1. The Morgan fingerprint density at radius 3 is 2.65 bits per heavy atom. The van der Waals surface area contributed by atoms with Gasteiger partial charge in [0.15, 0.2) is 0 Å². The lowest BCUT2D eigenvalue weighted by Crippen LogP contribution is -2.44. The summed E-state index contributed by atoms with van der Waals surface area (Å²) in [6, 6.07) is 12.9. The van der Waals surface area contributed by atoms with Crippen molar-refractivity contribution < 1.29 is 14.6 Å². The fourth-order valence-corrected chi connectivity index (χ4v) is 3.10. The molecule has 2 heterocycles. The minimum absolute atomic E-state index is 0.0206. The summed E-state index contributed by atoms with van der Waals surface area (Å²) >= 11 is 0. The van der Waals surface area contributed by atoms with Crippen LogP contribution in [0, 0.1) is 0 Å². The van der Waals surface area contributed by atoms with Crippen LogP contribution in [0.4, 0.5) is 0 Å². The van der Waals surface area contributed by atoms with Crippen LogP contribution < -0.4 is 5.32 Å². The van der Waals surface area contributed by atoms with Crippen molar-refractivity contribution in [3.05, 3.63) is 59.9 Å². The van der Waals surface area contributed by atoms with Gasteiger partial charge in [-0.25, -0.2) is 0 Å². The third-order valence-electron chi connectivity index (χ3n) is 4.59. The summed E-state index contributed by atoms with van der Waals surface area (Å²) in [5.41, 5.74) is 2.00. The minimum Gasteiger partial charge on any atom is -0.508 e. The van der Waals surface area contributed by atoms with Crippen molar-refractivity contribution >= 4 is 5.91 Å². The number of benzene rings is 1. The van der Waals surface area contributed by atoms with Gasteiger partial charge in [0.05, 0.1) is 24.9 Å². The Balaban J connectivity index is 1.54. The van der Waals surface area contributed by atoms with Crippen LogP contribution in [0.15, 0.2) is 48.7 Å². The minimum atomic E-state index is 0.0206. The molecule has 1 saturated heterocycles. The molecule has 1 aromatic carbocycles. The molecule has 1 aliphatic heterocycles. The molecule has 2 aromatic rings. The maximum atomic E-state index is 12.3. The number of pyridine rings is 1. The van der Waals surface area contributed by atoms with Crippen LogP contribution in [-0.2, 0) is 16.0 Å².